The van der Waals surface area contributed by atoms with E-state index in [9.17, 15) is 10.1 Å². The van der Waals surface area contributed by atoms with E-state index in [1.165, 1.54) is 4.68 Å². The topological polar surface area (TPSA) is 90.8 Å². The Morgan fingerprint density at radius 1 is 1.47 bits per heavy atom. The maximum absolute atomic E-state index is 11.1. The lowest BCUT2D eigenvalue weighted by Gasteiger charge is -2.04. The van der Waals surface area contributed by atoms with Crippen LogP contribution >= 0.6 is 0 Å². The van der Waals surface area contributed by atoms with Crippen LogP contribution in [0.5, 0.6) is 0 Å². The summed E-state index contributed by atoms with van der Waals surface area (Å²) in [6, 6.07) is 0. The third-order valence-corrected chi connectivity index (χ3v) is 2.83. The van der Waals surface area contributed by atoms with E-state index in [0.717, 1.165) is 5.56 Å². The molecule has 0 aliphatic rings. The summed E-state index contributed by atoms with van der Waals surface area (Å²) in [6.45, 7) is 2.32. The molecular formula is C11H16N6O2. The molecule has 19 heavy (non-hydrogen) atoms. The first-order chi connectivity index (χ1) is 9.02. The Morgan fingerprint density at radius 3 is 2.74 bits per heavy atom. The number of aryl methyl sites for hydroxylation is 3. The number of anilines is 1. The zero-order valence-electron chi connectivity index (χ0n) is 11.1. The summed E-state index contributed by atoms with van der Waals surface area (Å²) in [7, 11) is 3.52. The number of nitro groups is 1. The summed E-state index contributed by atoms with van der Waals surface area (Å²) >= 11 is 0. The van der Waals surface area contributed by atoms with Crippen LogP contribution < -0.4 is 5.32 Å². The van der Waals surface area contributed by atoms with Crippen LogP contribution in [0.4, 0.5) is 11.5 Å². The Morgan fingerprint density at radius 2 is 2.21 bits per heavy atom. The van der Waals surface area contributed by atoms with Gasteiger partial charge in [0, 0.05) is 32.4 Å². The lowest BCUT2D eigenvalue weighted by atomic mass is 10.3. The number of nitrogens with one attached hydrogen (secondary N) is 1. The molecule has 0 spiro atoms. The highest BCUT2D eigenvalue weighted by atomic mass is 16.6. The standard InChI is InChI=1S/C11H16N6O2/c1-4-9-10(17(18)19)11(16(3)14-9)12-5-8-6-13-15(2)7-8/h6-7,12H,4-5H2,1-3H3. The molecule has 2 aromatic rings. The van der Waals surface area contributed by atoms with Crippen molar-refractivity contribution in [2.24, 2.45) is 14.1 Å². The highest BCUT2D eigenvalue weighted by Gasteiger charge is 2.25. The van der Waals surface area contributed by atoms with Crippen LogP contribution in [0.2, 0.25) is 0 Å². The molecule has 102 valence electrons. The average Bonchev–Trinajstić information content (AvgIpc) is 2.90. The van der Waals surface area contributed by atoms with E-state index in [1.54, 1.807) is 17.9 Å². The van der Waals surface area contributed by atoms with Gasteiger partial charge in [-0.1, -0.05) is 6.92 Å². The summed E-state index contributed by atoms with van der Waals surface area (Å²) in [5.74, 6) is 0.422. The van der Waals surface area contributed by atoms with Crippen LogP contribution in [-0.2, 0) is 27.1 Å². The van der Waals surface area contributed by atoms with Crippen LogP contribution in [0.15, 0.2) is 12.4 Å². The van der Waals surface area contributed by atoms with Crippen molar-refractivity contribution in [1.82, 2.24) is 19.6 Å². The summed E-state index contributed by atoms with van der Waals surface area (Å²) < 4.78 is 3.19. The van der Waals surface area contributed by atoms with Crippen LogP contribution in [0.25, 0.3) is 0 Å². The number of rotatable bonds is 5. The molecule has 0 atom stereocenters. The van der Waals surface area contributed by atoms with E-state index in [4.69, 9.17) is 0 Å². The SMILES string of the molecule is CCc1nn(C)c(NCc2cnn(C)c2)c1[N+](=O)[O-]. The minimum atomic E-state index is -0.391. The van der Waals surface area contributed by atoms with E-state index < -0.39 is 4.92 Å². The van der Waals surface area contributed by atoms with Gasteiger partial charge in [0.05, 0.1) is 11.1 Å². The maximum Gasteiger partial charge on any atom is 0.333 e. The summed E-state index contributed by atoms with van der Waals surface area (Å²) in [5, 5.41) is 22.4. The van der Waals surface area contributed by atoms with Gasteiger partial charge in [-0.2, -0.15) is 10.2 Å². The predicted octanol–water partition coefficient (Wildman–Crippen LogP) is 1.24. The number of aromatic nitrogens is 4. The van der Waals surface area contributed by atoms with Gasteiger partial charge in [0.15, 0.2) is 0 Å². The summed E-state index contributed by atoms with van der Waals surface area (Å²) in [4.78, 5) is 10.7. The van der Waals surface area contributed by atoms with E-state index in [2.05, 4.69) is 15.5 Å². The Balaban J connectivity index is 2.24. The quantitative estimate of drug-likeness (QED) is 0.648. The lowest BCUT2D eigenvalue weighted by Crippen LogP contribution is -2.06. The van der Waals surface area contributed by atoms with Crippen molar-refractivity contribution in [2.45, 2.75) is 19.9 Å². The fourth-order valence-electron chi connectivity index (χ4n) is 1.95. The molecule has 0 amide bonds. The molecule has 2 rings (SSSR count). The smallest absolute Gasteiger partial charge is 0.333 e. The molecule has 0 bridgehead atoms. The molecule has 8 heteroatoms. The highest BCUT2D eigenvalue weighted by Crippen LogP contribution is 2.28. The van der Waals surface area contributed by atoms with Gasteiger partial charge in [0.25, 0.3) is 0 Å². The molecule has 8 nitrogen and oxygen atoms in total. The van der Waals surface area contributed by atoms with E-state index in [0.29, 0.717) is 24.5 Å². The van der Waals surface area contributed by atoms with Crippen molar-refractivity contribution < 1.29 is 4.92 Å². The van der Waals surface area contributed by atoms with E-state index in [1.807, 2.05) is 20.2 Å². The Hall–Kier alpha value is -2.38. The van der Waals surface area contributed by atoms with E-state index in [-0.39, 0.29) is 5.69 Å². The first-order valence-electron chi connectivity index (χ1n) is 5.94. The zero-order valence-corrected chi connectivity index (χ0v) is 11.1. The van der Waals surface area contributed by atoms with Gasteiger partial charge >= 0.3 is 5.69 Å². The van der Waals surface area contributed by atoms with E-state index >= 15 is 0 Å². The van der Waals surface area contributed by atoms with Gasteiger partial charge in [-0.3, -0.25) is 14.8 Å². The lowest BCUT2D eigenvalue weighted by molar-refractivity contribution is -0.384. The van der Waals surface area contributed by atoms with Crippen molar-refractivity contribution in [2.75, 3.05) is 5.32 Å². The molecule has 2 heterocycles. The molecule has 0 unspecified atom stereocenters. The molecule has 0 radical (unpaired) electrons. The molecule has 0 aliphatic heterocycles. The zero-order chi connectivity index (χ0) is 14.0. The third kappa shape index (κ3) is 2.56. The third-order valence-electron chi connectivity index (χ3n) is 2.83. The van der Waals surface area contributed by atoms with Crippen molar-refractivity contribution >= 4 is 11.5 Å². The Kier molecular flexibility index (Phi) is 3.50. The van der Waals surface area contributed by atoms with Gasteiger partial charge in [-0.15, -0.1) is 0 Å². The van der Waals surface area contributed by atoms with Crippen LogP contribution in [0.1, 0.15) is 18.2 Å². The minimum absolute atomic E-state index is 0.0499. The second-order valence-corrected chi connectivity index (χ2v) is 4.25. The fraction of sp³-hybridized carbons (Fsp3) is 0.455. The van der Waals surface area contributed by atoms with Gasteiger partial charge in [0.1, 0.15) is 5.69 Å². The monoisotopic (exact) mass is 264 g/mol. The van der Waals surface area contributed by atoms with Crippen molar-refractivity contribution in [3.63, 3.8) is 0 Å². The highest BCUT2D eigenvalue weighted by molar-refractivity contribution is 5.59. The second-order valence-electron chi connectivity index (χ2n) is 4.25. The van der Waals surface area contributed by atoms with Crippen LogP contribution in [-0.4, -0.2) is 24.5 Å². The first kappa shape index (κ1) is 13.1. The summed E-state index contributed by atoms with van der Waals surface area (Å²) in [6.07, 6.45) is 4.10. The van der Waals surface area contributed by atoms with Gasteiger partial charge in [-0.05, 0) is 6.42 Å². The normalized spacial score (nSPS) is 10.7. The Bertz CT molecular complexity index is 600. The molecule has 0 aromatic carbocycles. The second kappa shape index (κ2) is 5.09. The van der Waals surface area contributed by atoms with Crippen molar-refractivity contribution in [3.8, 4) is 0 Å². The Labute approximate surface area is 110 Å². The summed E-state index contributed by atoms with van der Waals surface area (Å²) in [5.41, 5.74) is 1.49. The number of hydrogen-bond donors (Lipinski definition) is 1. The largest absolute Gasteiger partial charge is 0.360 e. The molecular weight excluding hydrogens is 248 g/mol. The molecule has 0 aliphatic carbocycles. The van der Waals surface area contributed by atoms with Gasteiger partial charge < -0.3 is 5.32 Å². The van der Waals surface area contributed by atoms with Crippen LogP contribution in [0, 0.1) is 10.1 Å². The maximum atomic E-state index is 11.1. The molecule has 0 saturated carbocycles. The first-order valence-corrected chi connectivity index (χ1v) is 5.94. The molecule has 1 N–H and O–H groups in total. The fourth-order valence-corrected chi connectivity index (χ4v) is 1.95. The minimum Gasteiger partial charge on any atom is -0.360 e. The van der Waals surface area contributed by atoms with Crippen molar-refractivity contribution in [3.05, 3.63) is 33.8 Å². The van der Waals surface area contributed by atoms with Crippen LogP contribution in [0.3, 0.4) is 0 Å². The van der Waals surface area contributed by atoms with Crippen molar-refractivity contribution in [1.29, 1.82) is 0 Å². The molecule has 2 aromatic heterocycles. The molecule has 0 saturated heterocycles. The number of nitrogens with zero attached hydrogens (tertiary/aromatic N) is 5. The number of hydrogen-bond acceptors (Lipinski definition) is 5. The van der Waals surface area contributed by atoms with Gasteiger partial charge in [-0.25, -0.2) is 4.68 Å². The predicted molar refractivity (Wildman–Crippen MR) is 69.8 cm³/mol. The van der Waals surface area contributed by atoms with Gasteiger partial charge in [0.2, 0.25) is 5.82 Å². The average molecular weight is 264 g/mol. The molecule has 0 fully saturated rings.